The van der Waals surface area contributed by atoms with Gasteiger partial charge in [-0.3, -0.25) is 4.79 Å². The molecule has 3 aromatic rings. The second-order valence-corrected chi connectivity index (χ2v) is 6.07. The molecule has 0 fully saturated rings. The minimum atomic E-state index is -4.68. The zero-order valence-electron chi connectivity index (χ0n) is 14.6. The van der Waals surface area contributed by atoms with E-state index in [-0.39, 0.29) is 18.3 Å². The van der Waals surface area contributed by atoms with Crippen LogP contribution in [-0.2, 0) is 12.7 Å². The summed E-state index contributed by atoms with van der Waals surface area (Å²) in [6.45, 7) is 4.03. The second kappa shape index (κ2) is 7.22. The van der Waals surface area contributed by atoms with Crippen molar-refractivity contribution >= 4 is 5.91 Å². The summed E-state index contributed by atoms with van der Waals surface area (Å²) in [7, 11) is 0. The summed E-state index contributed by atoms with van der Waals surface area (Å²) in [6, 6.07) is 12.2. The Labute approximate surface area is 153 Å². The molecule has 0 atom stereocenters. The predicted molar refractivity (Wildman–Crippen MR) is 91.8 cm³/mol. The first-order valence-corrected chi connectivity index (χ1v) is 8.10. The summed E-state index contributed by atoms with van der Waals surface area (Å²) < 4.78 is 41.8. The number of halogens is 3. The number of aromatic nitrogens is 2. The van der Waals surface area contributed by atoms with Crippen molar-refractivity contribution in [3.8, 4) is 11.4 Å². The normalized spacial score (nSPS) is 11.4. The lowest BCUT2D eigenvalue weighted by atomic mass is 10.0. The third-order valence-electron chi connectivity index (χ3n) is 4.04. The fourth-order valence-electron chi connectivity index (χ4n) is 2.67. The highest BCUT2D eigenvalue weighted by atomic mass is 19.4. The van der Waals surface area contributed by atoms with Crippen molar-refractivity contribution in [1.82, 2.24) is 15.5 Å². The Morgan fingerprint density at radius 1 is 1.07 bits per heavy atom. The van der Waals surface area contributed by atoms with E-state index in [4.69, 9.17) is 0 Å². The van der Waals surface area contributed by atoms with Gasteiger partial charge in [-0.2, -0.15) is 18.2 Å². The molecule has 1 amide bonds. The summed E-state index contributed by atoms with van der Waals surface area (Å²) in [4.78, 5) is 15.7. The van der Waals surface area contributed by atoms with Gasteiger partial charge in [-0.25, -0.2) is 0 Å². The number of nitrogens with zero attached hydrogens (tertiary/aromatic N) is 2. The van der Waals surface area contributed by atoms with Crippen molar-refractivity contribution < 1.29 is 22.5 Å². The summed E-state index contributed by atoms with van der Waals surface area (Å²) in [5.41, 5.74) is 3.60. The van der Waals surface area contributed by atoms with Crippen molar-refractivity contribution in [3.63, 3.8) is 0 Å². The number of aryl methyl sites for hydroxylation is 2. The van der Waals surface area contributed by atoms with Gasteiger partial charge in [0, 0.05) is 17.7 Å². The number of hydrogen-bond donors (Lipinski definition) is 1. The molecular weight excluding hydrogens is 359 g/mol. The van der Waals surface area contributed by atoms with Crippen LogP contribution in [0.25, 0.3) is 11.4 Å². The molecule has 1 heterocycles. The molecule has 5 nitrogen and oxygen atoms in total. The third-order valence-corrected chi connectivity index (χ3v) is 4.04. The first-order valence-electron chi connectivity index (χ1n) is 8.10. The number of carbonyl (C=O) groups is 1. The van der Waals surface area contributed by atoms with Gasteiger partial charge in [-0.05, 0) is 30.5 Å². The van der Waals surface area contributed by atoms with Crippen LogP contribution in [0.2, 0.25) is 0 Å². The largest absolute Gasteiger partial charge is 0.471 e. The molecule has 0 radical (unpaired) electrons. The zero-order chi connectivity index (χ0) is 19.6. The summed E-state index contributed by atoms with van der Waals surface area (Å²) in [5.74, 6) is -1.71. The van der Waals surface area contributed by atoms with Crippen molar-refractivity contribution in [2.75, 3.05) is 0 Å². The van der Waals surface area contributed by atoms with E-state index in [9.17, 15) is 18.0 Å². The molecule has 0 aliphatic heterocycles. The number of rotatable bonds is 4. The van der Waals surface area contributed by atoms with Crippen LogP contribution in [0.4, 0.5) is 13.2 Å². The molecule has 0 aliphatic carbocycles. The molecule has 0 unspecified atom stereocenters. The lowest BCUT2D eigenvalue weighted by Gasteiger charge is -2.10. The van der Waals surface area contributed by atoms with Gasteiger partial charge in [0.05, 0.1) is 0 Å². The zero-order valence-corrected chi connectivity index (χ0v) is 14.6. The van der Waals surface area contributed by atoms with Gasteiger partial charge >= 0.3 is 12.1 Å². The molecule has 0 saturated heterocycles. The van der Waals surface area contributed by atoms with E-state index in [1.54, 1.807) is 24.3 Å². The van der Waals surface area contributed by atoms with Gasteiger partial charge in [0.15, 0.2) is 0 Å². The third kappa shape index (κ3) is 4.16. The van der Waals surface area contributed by atoms with E-state index in [1.807, 2.05) is 32.0 Å². The summed E-state index contributed by atoms with van der Waals surface area (Å²) >= 11 is 0. The standard InChI is InChI=1S/C19H16F3N3O2/c1-11-4-3-5-12(2)15(11)17(26)23-10-13-6-8-14(9-7-13)16-24-18(27-25-16)19(20,21)22/h3-9H,10H2,1-2H3,(H,23,26). The highest BCUT2D eigenvalue weighted by Crippen LogP contribution is 2.29. The molecule has 0 bridgehead atoms. The molecule has 0 saturated carbocycles. The molecule has 140 valence electrons. The van der Waals surface area contributed by atoms with E-state index in [0.29, 0.717) is 11.1 Å². The predicted octanol–water partition coefficient (Wildman–Crippen LogP) is 4.30. The molecular formula is C19H16F3N3O2. The molecule has 3 rings (SSSR count). The van der Waals surface area contributed by atoms with Gasteiger partial charge < -0.3 is 9.84 Å². The van der Waals surface area contributed by atoms with Crippen LogP contribution in [0.1, 0.15) is 32.9 Å². The monoisotopic (exact) mass is 375 g/mol. The average Bonchev–Trinajstić information content (AvgIpc) is 3.11. The molecule has 27 heavy (non-hydrogen) atoms. The second-order valence-electron chi connectivity index (χ2n) is 6.07. The number of nitrogens with one attached hydrogen (secondary N) is 1. The van der Waals surface area contributed by atoms with Gasteiger partial charge in [-0.1, -0.05) is 47.6 Å². The van der Waals surface area contributed by atoms with Gasteiger partial charge in [-0.15, -0.1) is 0 Å². The highest BCUT2D eigenvalue weighted by Gasteiger charge is 2.38. The van der Waals surface area contributed by atoms with Gasteiger partial charge in [0.25, 0.3) is 5.91 Å². The molecule has 1 N–H and O–H groups in total. The maximum absolute atomic E-state index is 12.5. The minimum Gasteiger partial charge on any atom is -0.348 e. The Balaban J connectivity index is 1.68. The SMILES string of the molecule is Cc1cccc(C)c1C(=O)NCc1ccc(-c2noc(C(F)(F)F)n2)cc1. The number of benzene rings is 2. The van der Waals surface area contributed by atoms with Crippen LogP contribution in [0.3, 0.4) is 0 Å². The lowest BCUT2D eigenvalue weighted by molar-refractivity contribution is -0.159. The van der Waals surface area contributed by atoms with Gasteiger partial charge in [0.1, 0.15) is 0 Å². The lowest BCUT2D eigenvalue weighted by Crippen LogP contribution is -2.24. The number of hydrogen-bond acceptors (Lipinski definition) is 4. The molecule has 8 heteroatoms. The molecule has 1 aromatic heterocycles. The van der Waals surface area contributed by atoms with Crippen LogP contribution >= 0.6 is 0 Å². The molecule has 0 spiro atoms. The first kappa shape index (κ1) is 18.6. The summed E-state index contributed by atoms with van der Waals surface area (Å²) in [5, 5.41) is 6.18. The fourth-order valence-corrected chi connectivity index (χ4v) is 2.67. The van der Waals surface area contributed by atoms with Crippen LogP contribution in [0.5, 0.6) is 0 Å². The Morgan fingerprint density at radius 3 is 2.26 bits per heavy atom. The van der Waals surface area contributed by atoms with Crippen molar-refractivity contribution in [1.29, 1.82) is 0 Å². The number of amides is 1. The maximum atomic E-state index is 12.5. The first-order chi connectivity index (χ1) is 12.8. The number of alkyl halides is 3. The quantitative estimate of drug-likeness (QED) is 0.738. The molecule has 2 aromatic carbocycles. The van der Waals surface area contributed by atoms with Crippen LogP contribution < -0.4 is 5.32 Å². The minimum absolute atomic E-state index is 0.145. The van der Waals surface area contributed by atoms with Crippen LogP contribution in [-0.4, -0.2) is 16.0 Å². The fraction of sp³-hybridized carbons (Fsp3) is 0.211. The number of carbonyl (C=O) groups excluding carboxylic acids is 1. The van der Waals surface area contributed by atoms with Crippen LogP contribution in [0.15, 0.2) is 47.0 Å². The maximum Gasteiger partial charge on any atom is 0.471 e. The Bertz CT molecular complexity index is 943. The van der Waals surface area contributed by atoms with Gasteiger partial charge in [0.2, 0.25) is 5.82 Å². The van der Waals surface area contributed by atoms with E-state index in [2.05, 4.69) is 20.0 Å². The topological polar surface area (TPSA) is 68.0 Å². The molecule has 0 aliphatic rings. The van der Waals surface area contributed by atoms with Crippen molar-refractivity contribution in [2.45, 2.75) is 26.6 Å². The Morgan fingerprint density at radius 2 is 1.70 bits per heavy atom. The van der Waals surface area contributed by atoms with Crippen LogP contribution in [0, 0.1) is 13.8 Å². The Hall–Kier alpha value is -3.16. The van der Waals surface area contributed by atoms with E-state index in [0.717, 1.165) is 16.7 Å². The highest BCUT2D eigenvalue weighted by molar-refractivity contribution is 5.97. The van der Waals surface area contributed by atoms with Crippen molar-refractivity contribution in [3.05, 3.63) is 70.6 Å². The summed E-state index contributed by atoms with van der Waals surface area (Å²) in [6.07, 6.45) is -4.68. The Kier molecular flexibility index (Phi) is 4.98. The van der Waals surface area contributed by atoms with E-state index in [1.165, 1.54) is 0 Å². The average molecular weight is 375 g/mol. The van der Waals surface area contributed by atoms with E-state index < -0.39 is 12.1 Å². The van der Waals surface area contributed by atoms with E-state index >= 15 is 0 Å². The smallest absolute Gasteiger partial charge is 0.348 e. The van der Waals surface area contributed by atoms with Crippen molar-refractivity contribution in [2.24, 2.45) is 0 Å².